The summed E-state index contributed by atoms with van der Waals surface area (Å²) in [6.07, 6.45) is 9.68. The number of aliphatic imine (C=N–C) groups is 1. The summed E-state index contributed by atoms with van der Waals surface area (Å²) in [5.41, 5.74) is 0. The third-order valence-corrected chi connectivity index (χ3v) is 5.75. The molecule has 0 bridgehead atoms. The maximum Gasteiger partial charge on any atom is 0.193 e. The van der Waals surface area contributed by atoms with E-state index in [1.54, 1.807) is 0 Å². The van der Waals surface area contributed by atoms with E-state index in [1.807, 2.05) is 7.05 Å². The van der Waals surface area contributed by atoms with E-state index >= 15 is 0 Å². The molecule has 1 saturated heterocycles. The molecule has 1 heterocycles. The summed E-state index contributed by atoms with van der Waals surface area (Å²) < 4.78 is 6.08. The van der Waals surface area contributed by atoms with E-state index < -0.39 is 0 Å². The van der Waals surface area contributed by atoms with E-state index in [1.165, 1.54) is 51.5 Å². The van der Waals surface area contributed by atoms with Crippen LogP contribution in [0.2, 0.25) is 0 Å². The molecule has 25 heavy (non-hydrogen) atoms. The first-order valence-electron chi connectivity index (χ1n) is 10.6. The van der Waals surface area contributed by atoms with E-state index in [0.29, 0.717) is 6.10 Å². The number of rotatable bonds is 8. The van der Waals surface area contributed by atoms with Gasteiger partial charge in [-0.2, -0.15) is 0 Å². The summed E-state index contributed by atoms with van der Waals surface area (Å²) in [6.45, 7) is 11.9. The summed E-state index contributed by atoms with van der Waals surface area (Å²) >= 11 is 0. The SMILES string of the molecule is CCN(CC)CC1CCN(C(=NC)NCCOC2CCCCCC2)C1. The first kappa shape index (κ1) is 20.5. The largest absolute Gasteiger partial charge is 0.376 e. The normalized spacial score (nSPS) is 23.3. The van der Waals surface area contributed by atoms with Crippen molar-refractivity contribution in [2.75, 3.05) is 52.9 Å². The zero-order valence-electron chi connectivity index (χ0n) is 16.8. The average Bonchev–Trinajstić information content (AvgIpc) is 2.93. The highest BCUT2D eigenvalue weighted by atomic mass is 16.5. The van der Waals surface area contributed by atoms with Gasteiger partial charge in [-0.05, 0) is 38.3 Å². The second-order valence-electron chi connectivity index (χ2n) is 7.54. The van der Waals surface area contributed by atoms with Crippen LogP contribution in [0.1, 0.15) is 58.8 Å². The second-order valence-corrected chi connectivity index (χ2v) is 7.54. The van der Waals surface area contributed by atoms with E-state index in [-0.39, 0.29) is 0 Å². The molecule has 0 aromatic heterocycles. The van der Waals surface area contributed by atoms with Crippen LogP contribution in [0.4, 0.5) is 0 Å². The van der Waals surface area contributed by atoms with E-state index in [2.05, 4.69) is 34.0 Å². The predicted octanol–water partition coefficient (Wildman–Crippen LogP) is 2.96. The van der Waals surface area contributed by atoms with Crippen LogP contribution in [0.15, 0.2) is 4.99 Å². The van der Waals surface area contributed by atoms with Crippen LogP contribution in [0, 0.1) is 5.92 Å². The molecule has 5 nitrogen and oxygen atoms in total. The molecule has 0 radical (unpaired) electrons. The zero-order valence-corrected chi connectivity index (χ0v) is 16.8. The number of likely N-dealkylation sites (tertiary alicyclic amines) is 1. The Hall–Kier alpha value is -0.810. The first-order chi connectivity index (χ1) is 12.3. The van der Waals surface area contributed by atoms with Gasteiger partial charge in [0.1, 0.15) is 0 Å². The molecule has 2 aliphatic rings. The van der Waals surface area contributed by atoms with Crippen LogP contribution in [0.25, 0.3) is 0 Å². The van der Waals surface area contributed by atoms with Gasteiger partial charge in [0, 0.05) is 33.2 Å². The number of guanidine groups is 1. The highest BCUT2D eigenvalue weighted by Gasteiger charge is 2.25. The Kier molecular flexibility index (Phi) is 9.63. The van der Waals surface area contributed by atoms with E-state index in [9.17, 15) is 0 Å². The van der Waals surface area contributed by atoms with Crippen LogP contribution in [-0.4, -0.2) is 74.8 Å². The van der Waals surface area contributed by atoms with Gasteiger partial charge in [0.05, 0.1) is 12.7 Å². The molecule has 1 N–H and O–H groups in total. The predicted molar refractivity (Wildman–Crippen MR) is 106 cm³/mol. The van der Waals surface area contributed by atoms with Crippen LogP contribution >= 0.6 is 0 Å². The van der Waals surface area contributed by atoms with E-state index in [0.717, 1.165) is 51.2 Å². The Morgan fingerprint density at radius 1 is 1.12 bits per heavy atom. The molecule has 146 valence electrons. The van der Waals surface area contributed by atoms with Crippen molar-refractivity contribution in [3.8, 4) is 0 Å². The monoisotopic (exact) mass is 352 g/mol. The van der Waals surface area contributed by atoms with Crippen molar-refractivity contribution < 1.29 is 4.74 Å². The molecule has 1 saturated carbocycles. The minimum Gasteiger partial charge on any atom is -0.376 e. The van der Waals surface area contributed by atoms with Crippen LogP contribution in [0.3, 0.4) is 0 Å². The second kappa shape index (κ2) is 11.7. The molecular weight excluding hydrogens is 312 g/mol. The number of hydrogen-bond donors (Lipinski definition) is 1. The molecule has 0 aromatic rings. The Bertz CT molecular complexity index is 376. The Morgan fingerprint density at radius 3 is 2.48 bits per heavy atom. The fraction of sp³-hybridized carbons (Fsp3) is 0.950. The number of hydrogen-bond acceptors (Lipinski definition) is 3. The highest BCUT2D eigenvalue weighted by molar-refractivity contribution is 5.80. The summed E-state index contributed by atoms with van der Waals surface area (Å²) in [7, 11) is 1.90. The number of ether oxygens (including phenoxy) is 1. The molecule has 1 atom stereocenters. The van der Waals surface area contributed by atoms with Gasteiger partial charge in [0.25, 0.3) is 0 Å². The highest BCUT2D eigenvalue weighted by Crippen LogP contribution is 2.20. The standard InChI is InChI=1S/C20H40N4O/c1-4-23(5-2)16-18-12-14-24(17-18)20(21-3)22-13-15-25-19-10-8-6-7-9-11-19/h18-19H,4-17H2,1-3H3,(H,21,22). The summed E-state index contributed by atoms with van der Waals surface area (Å²) in [5.74, 6) is 1.81. The van der Waals surface area contributed by atoms with Crippen molar-refractivity contribution in [1.82, 2.24) is 15.1 Å². The molecule has 2 rings (SSSR count). The van der Waals surface area contributed by atoms with Crippen molar-refractivity contribution in [2.45, 2.75) is 64.9 Å². The Balaban J connectivity index is 1.65. The summed E-state index contributed by atoms with van der Waals surface area (Å²) in [4.78, 5) is 9.43. The third kappa shape index (κ3) is 7.14. The number of nitrogens with one attached hydrogen (secondary N) is 1. The van der Waals surface area contributed by atoms with Gasteiger partial charge in [-0.1, -0.05) is 39.5 Å². The van der Waals surface area contributed by atoms with Gasteiger partial charge in [0.2, 0.25) is 0 Å². The van der Waals surface area contributed by atoms with Crippen molar-refractivity contribution in [3.05, 3.63) is 0 Å². The van der Waals surface area contributed by atoms with Crippen LogP contribution < -0.4 is 5.32 Å². The molecular formula is C20H40N4O. The smallest absolute Gasteiger partial charge is 0.193 e. The molecule has 5 heteroatoms. The number of nitrogens with zero attached hydrogens (tertiary/aromatic N) is 3. The van der Waals surface area contributed by atoms with Crippen molar-refractivity contribution in [1.29, 1.82) is 0 Å². The minimum atomic E-state index is 0.483. The summed E-state index contributed by atoms with van der Waals surface area (Å²) in [5, 5.41) is 3.51. The molecule has 1 unspecified atom stereocenters. The fourth-order valence-corrected chi connectivity index (χ4v) is 4.15. The topological polar surface area (TPSA) is 40.1 Å². The van der Waals surface area contributed by atoms with Gasteiger partial charge in [-0.3, -0.25) is 4.99 Å². The minimum absolute atomic E-state index is 0.483. The zero-order chi connectivity index (χ0) is 17.9. The van der Waals surface area contributed by atoms with Crippen LogP contribution in [-0.2, 0) is 4.74 Å². The molecule has 0 amide bonds. The lowest BCUT2D eigenvalue weighted by atomic mass is 10.1. The maximum atomic E-state index is 6.08. The molecule has 1 aliphatic carbocycles. The van der Waals surface area contributed by atoms with Gasteiger partial charge < -0.3 is 19.9 Å². The first-order valence-corrected chi connectivity index (χ1v) is 10.6. The van der Waals surface area contributed by atoms with Gasteiger partial charge >= 0.3 is 0 Å². The molecule has 2 fully saturated rings. The maximum absolute atomic E-state index is 6.08. The van der Waals surface area contributed by atoms with Crippen molar-refractivity contribution in [2.24, 2.45) is 10.9 Å². The van der Waals surface area contributed by atoms with Gasteiger partial charge in [-0.25, -0.2) is 0 Å². The van der Waals surface area contributed by atoms with Crippen molar-refractivity contribution >= 4 is 5.96 Å². The Morgan fingerprint density at radius 2 is 1.84 bits per heavy atom. The van der Waals surface area contributed by atoms with Crippen molar-refractivity contribution in [3.63, 3.8) is 0 Å². The van der Waals surface area contributed by atoms with E-state index in [4.69, 9.17) is 4.74 Å². The lowest BCUT2D eigenvalue weighted by Crippen LogP contribution is -2.42. The molecule has 0 aromatic carbocycles. The van der Waals surface area contributed by atoms with Crippen LogP contribution in [0.5, 0.6) is 0 Å². The quantitative estimate of drug-likeness (QED) is 0.316. The lowest BCUT2D eigenvalue weighted by molar-refractivity contribution is 0.0466. The molecule has 1 aliphatic heterocycles. The average molecular weight is 353 g/mol. The lowest BCUT2D eigenvalue weighted by Gasteiger charge is -2.24. The Labute approximate surface area is 155 Å². The fourth-order valence-electron chi connectivity index (χ4n) is 4.15. The molecule has 0 spiro atoms. The van der Waals surface area contributed by atoms with Gasteiger partial charge in [0.15, 0.2) is 5.96 Å². The summed E-state index contributed by atoms with van der Waals surface area (Å²) in [6, 6.07) is 0. The van der Waals surface area contributed by atoms with Gasteiger partial charge in [-0.15, -0.1) is 0 Å². The third-order valence-electron chi connectivity index (χ3n) is 5.75.